The predicted octanol–water partition coefficient (Wildman–Crippen LogP) is 3.01. The van der Waals surface area contributed by atoms with Crippen LogP contribution < -0.4 is 10.1 Å². The van der Waals surface area contributed by atoms with E-state index in [1.165, 1.54) is 19.2 Å². The van der Waals surface area contributed by atoms with Crippen LogP contribution >= 0.6 is 11.6 Å². The van der Waals surface area contributed by atoms with E-state index in [1.807, 2.05) is 6.92 Å². The van der Waals surface area contributed by atoms with E-state index < -0.39 is 0 Å². The predicted molar refractivity (Wildman–Crippen MR) is 76.6 cm³/mol. The number of halogens is 1. The van der Waals surface area contributed by atoms with Crippen LogP contribution in [0.1, 0.15) is 15.9 Å². The molecule has 0 fully saturated rings. The molecule has 6 heteroatoms. The van der Waals surface area contributed by atoms with Gasteiger partial charge in [0.1, 0.15) is 0 Å². The molecule has 0 spiro atoms. The Kier molecular flexibility index (Phi) is 4.10. The number of pyridine rings is 1. The van der Waals surface area contributed by atoms with Gasteiger partial charge in [-0.15, -0.1) is 0 Å². The SMILES string of the molecule is COc1ccc(C(=O)Nc2c(C)ccnc2Cl)cc1O. The number of carbonyl (C=O) groups excluding carboxylic acids is 1. The fourth-order valence-electron chi connectivity index (χ4n) is 1.69. The fraction of sp³-hybridized carbons (Fsp3) is 0.143. The molecule has 5 nitrogen and oxygen atoms in total. The van der Waals surface area contributed by atoms with E-state index in [0.29, 0.717) is 17.0 Å². The second-order valence-corrected chi connectivity index (χ2v) is 4.49. The van der Waals surface area contributed by atoms with Crippen LogP contribution in [0.5, 0.6) is 11.5 Å². The highest BCUT2D eigenvalue weighted by Gasteiger charge is 2.13. The largest absolute Gasteiger partial charge is 0.504 e. The number of methoxy groups -OCH3 is 1. The molecule has 104 valence electrons. The number of anilines is 1. The molecule has 0 aliphatic carbocycles. The maximum Gasteiger partial charge on any atom is 0.255 e. The first-order valence-electron chi connectivity index (χ1n) is 5.82. The number of nitrogens with zero attached hydrogens (tertiary/aromatic N) is 1. The van der Waals surface area contributed by atoms with Crippen molar-refractivity contribution in [3.8, 4) is 11.5 Å². The Balaban J connectivity index is 2.26. The Bertz CT molecular complexity index is 639. The van der Waals surface area contributed by atoms with Gasteiger partial charge in [0.25, 0.3) is 5.91 Å². The van der Waals surface area contributed by atoms with Crippen LogP contribution in [0.2, 0.25) is 5.15 Å². The third kappa shape index (κ3) is 2.83. The molecule has 0 saturated heterocycles. The molecule has 0 radical (unpaired) electrons. The summed E-state index contributed by atoms with van der Waals surface area (Å²) >= 11 is 5.94. The number of aromatic nitrogens is 1. The van der Waals surface area contributed by atoms with Crippen LogP contribution in [-0.4, -0.2) is 23.1 Å². The molecule has 0 bridgehead atoms. The molecule has 1 amide bonds. The van der Waals surface area contributed by atoms with Crippen molar-refractivity contribution in [2.45, 2.75) is 6.92 Å². The van der Waals surface area contributed by atoms with Gasteiger partial charge in [0.05, 0.1) is 12.8 Å². The Morgan fingerprint density at radius 3 is 2.75 bits per heavy atom. The minimum atomic E-state index is -0.388. The average molecular weight is 293 g/mol. The first-order chi connectivity index (χ1) is 9.52. The Morgan fingerprint density at radius 1 is 1.40 bits per heavy atom. The zero-order valence-electron chi connectivity index (χ0n) is 11.0. The van der Waals surface area contributed by atoms with Gasteiger partial charge in [-0.2, -0.15) is 0 Å². The topological polar surface area (TPSA) is 71.5 Å². The average Bonchev–Trinajstić information content (AvgIpc) is 2.42. The number of carbonyl (C=O) groups is 1. The number of amides is 1. The van der Waals surface area contributed by atoms with Gasteiger partial charge in [0, 0.05) is 11.8 Å². The first kappa shape index (κ1) is 14.1. The van der Waals surface area contributed by atoms with Crippen LogP contribution in [0, 0.1) is 6.92 Å². The summed E-state index contributed by atoms with van der Waals surface area (Å²) in [6.07, 6.45) is 1.56. The number of aromatic hydroxyl groups is 1. The van der Waals surface area contributed by atoms with Crippen LogP contribution in [-0.2, 0) is 0 Å². The van der Waals surface area contributed by atoms with Crippen molar-refractivity contribution in [1.82, 2.24) is 4.98 Å². The number of aryl methyl sites for hydroxylation is 1. The van der Waals surface area contributed by atoms with Crippen molar-refractivity contribution >= 4 is 23.2 Å². The molecule has 0 saturated carbocycles. The van der Waals surface area contributed by atoms with Gasteiger partial charge in [0.2, 0.25) is 0 Å². The minimum absolute atomic E-state index is 0.103. The molecule has 1 aromatic heterocycles. The van der Waals surface area contributed by atoms with Gasteiger partial charge in [-0.25, -0.2) is 4.98 Å². The highest BCUT2D eigenvalue weighted by Crippen LogP contribution is 2.28. The maximum absolute atomic E-state index is 12.1. The molecule has 0 aliphatic rings. The molecular weight excluding hydrogens is 280 g/mol. The van der Waals surface area contributed by atoms with E-state index in [2.05, 4.69) is 10.3 Å². The van der Waals surface area contributed by atoms with Crippen molar-refractivity contribution < 1.29 is 14.6 Å². The van der Waals surface area contributed by atoms with Crippen LogP contribution in [0.4, 0.5) is 5.69 Å². The van der Waals surface area contributed by atoms with Crippen LogP contribution in [0.15, 0.2) is 30.5 Å². The van der Waals surface area contributed by atoms with Crippen molar-refractivity contribution in [1.29, 1.82) is 0 Å². The van der Waals surface area contributed by atoms with E-state index in [9.17, 15) is 9.90 Å². The van der Waals surface area contributed by atoms with Gasteiger partial charge < -0.3 is 15.2 Å². The summed E-state index contributed by atoms with van der Waals surface area (Å²) in [7, 11) is 1.44. The van der Waals surface area contributed by atoms with Gasteiger partial charge >= 0.3 is 0 Å². The van der Waals surface area contributed by atoms with E-state index in [4.69, 9.17) is 16.3 Å². The number of ether oxygens (including phenoxy) is 1. The van der Waals surface area contributed by atoms with Gasteiger partial charge in [0.15, 0.2) is 16.7 Å². The molecule has 0 aliphatic heterocycles. The quantitative estimate of drug-likeness (QED) is 0.853. The lowest BCUT2D eigenvalue weighted by Crippen LogP contribution is -2.13. The summed E-state index contributed by atoms with van der Waals surface area (Å²) in [5.41, 5.74) is 1.55. The third-order valence-corrected chi connectivity index (χ3v) is 3.08. The van der Waals surface area contributed by atoms with Crippen molar-refractivity contribution in [3.63, 3.8) is 0 Å². The highest BCUT2D eigenvalue weighted by atomic mass is 35.5. The zero-order chi connectivity index (χ0) is 14.7. The Labute approximate surface area is 121 Å². The zero-order valence-corrected chi connectivity index (χ0v) is 11.7. The first-order valence-corrected chi connectivity index (χ1v) is 6.20. The Morgan fingerprint density at radius 2 is 2.15 bits per heavy atom. The number of benzene rings is 1. The normalized spacial score (nSPS) is 10.2. The summed E-state index contributed by atoms with van der Waals surface area (Å²) in [4.78, 5) is 16.0. The lowest BCUT2D eigenvalue weighted by molar-refractivity contribution is 0.102. The molecular formula is C14H13ClN2O3. The lowest BCUT2D eigenvalue weighted by atomic mass is 10.1. The minimum Gasteiger partial charge on any atom is -0.504 e. The molecule has 20 heavy (non-hydrogen) atoms. The maximum atomic E-state index is 12.1. The molecule has 0 atom stereocenters. The molecule has 2 aromatic rings. The van der Waals surface area contributed by atoms with Crippen molar-refractivity contribution in [2.24, 2.45) is 0 Å². The summed E-state index contributed by atoms with van der Waals surface area (Å²) in [6, 6.07) is 6.14. The van der Waals surface area contributed by atoms with Crippen molar-refractivity contribution in [3.05, 3.63) is 46.7 Å². The second-order valence-electron chi connectivity index (χ2n) is 4.13. The molecule has 1 aromatic carbocycles. The van der Waals surface area contributed by atoms with Gasteiger partial charge in [-0.05, 0) is 36.8 Å². The number of hydrogen-bond donors (Lipinski definition) is 2. The Hall–Kier alpha value is -2.27. The van der Waals surface area contributed by atoms with E-state index >= 15 is 0 Å². The summed E-state index contributed by atoms with van der Waals surface area (Å²) < 4.78 is 4.92. The summed E-state index contributed by atoms with van der Waals surface area (Å²) in [5.74, 6) is -0.188. The molecule has 2 N–H and O–H groups in total. The molecule has 2 rings (SSSR count). The lowest BCUT2D eigenvalue weighted by Gasteiger charge is -2.10. The molecule has 0 unspecified atom stereocenters. The van der Waals surface area contributed by atoms with Crippen LogP contribution in [0.25, 0.3) is 0 Å². The number of hydrogen-bond acceptors (Lipinski definition) is 4. The number of phenols is 1. The second kappa shape index (κ2) is 5.79. The fourth-order valence-corrected chi connectivity index (χ4v) is 1.94. The van der Waals surface area contributed by atoms with E-state index in [1.54, 1.807) is 18.3 Å². The molecule has 1 heterocycles. The number of nitrogens with one attached hydrogen (secondary N) is 1. The van der Waals surface area contributed by atoms with Gasteiger partial charge in [-0.3, -0.25) is 4.79 Å². The van der Waals surface area contributed by atoms with E-state index in [-0.39, 0.29) is 16.8 Å². The van der Waals surface area contributed by atoms with E-state index in [0.717, 1.165) is 5.56 Å². The standard InChI is InChI=1S/C14H13ClN2O3/c1-8-5-6-16-13(15)12(8)17-14(19)9-3-4-11(20-2)10(18)7-9/h3-7,18H,1-2H3,(H,17,19). The van der Waals surface area contributed by atoms with Gasteiger partial charge in [-0.1, -0.05) is 11.6 Å². The third-order valence-electron chi connectivity index (χ3n) is 2.79. The smallest absolute Gasteiger partial charge is 0.255 e. The summed E-state index contributed by atoms with van der Waals surface area (Å²) in [5, 5.41) is 12.6. The number of phenolic OH excluding ortho intramolecular Hbond substituents is 1. The highest BCUT2D eigenvalue weighted by molar-refractivity contribution is 6.32. The van der Waals surface area contributed by atoms with Crippen molar-refractivity contribution in [2.75, 3.05) is 12.4 Å². The monoisotopic (exact) mass is 292 g/mol. The number of rotatable bonds is 3. The van der Waals surface area contributed by atoms with Crippen LogP contribution in [0.3, 0.4) is 0 Å². The summed E-state index contributed by atoms with van der Waals surface area (Å²) in [6.45, 7) is 1.81.